The average molecular weight is 362 g/mol. The Labute approximate surface area is 153 Å². The molecule has 0 saturated heterocycles. The summed E-state index contributed by atoms with van der Waals surface area (Å²) in [6.45, 7) is 7.06. The van der Waals surface area contributed by atoms with Gasteiger partial charge in [-0.25, -0.2) is 4.79 Å². The van der Waals surface area contributed by atoms with Gasteiger partial charge < -0.3 is 25.6 Å². The van der Waals surface area contributed by atoms with Crippen molar-refractivity contribution in [3.63, 3.8) is 0 Å². The molecule has 0 heterocycles. The first-order valence-electron chi connectivity index (χ1n) is 8.35. The molecule has 7 nitrogen and oxygen atoms in total. The van der Waals surface area contributed by atoms with Gasteiger partial charge in [-0.3, -0.25) is 4.79 Å². The Balaban J connectivity index is 3.08. The minimum atomic E-state index is -0.642. The SMILES string of the molecule is CC[C@H](C#Cc1c(OCCO)cccc1C(N)=O)NC(=O)OC(C)(C)C. The van der Waals surface area contributed by atoms with Crippen LogP contribution in [0.3, 0.4) is 0 Å². The fraction of sp³-hybridized carbons (Fsp3) is 0.474. The molecule has 0 bridgehead atoms. The predicted molar refractivity (Wildman–Crippen MR) is 97.9 cm³/mol. The topological polar surface area (TPSA) is 111 Å². The quantitative estimate of drug-likeness (QED) is 0.669. The van der Waals surface area contributed by atoms with Crippen LogP contribution in [0.4, 0.5) is 4.79 Å². The van der Waals surface area contributed by atoms with Crippen LogP contribution in [0.5, 0.6) is 5.75 Å². The Morgan fingerprint density at radius 2 is 2.04 bits per heavy atom. The Morgan fingerprint density at radius 1 is 1.35 bits per heavy atom. The van der Waals surface area contributed by atoms with Gasteiger partial charge in [0, 0.05) is 0 Å². The van der Waals surface area contributed by atoms with Crippen LogP contribution in [-0.4, -0.2) is 42.0 Å². The highest BCUT2D eigenvalue weighted by Crippen LogP contribution is 2.21. The summed E-state index contributed by atoms with van der Waals surface area (Å²) in [5.41, 5.74) is 5.31. The third-order valence-electron chi connectivity index (χ3n) is 3.11. The molecule has 1 aromatic rings. The zero-order valence-electron chi connectivity index (χ0n) is 15.6. The number of aliphatic hydroxyl groups is 1. The molecular weight excluding hydrogens is 336 g/mol. The minimum absolute atomic E-state index is 0.0598. The second-order valence-corrected chi connectivity index (χ2v) is 6.49. The molecule has 26 heavy (non-hydrogen) atoms. The van der Waals surface area contributed by atoms with Gasteiger partial charge in [0.2, 0.25) is 5.91 Å². The van der Waals surface area contributed by atoms with E-state index in [1.54, 1.807) is 39.0 Å². The Bertz CT molecular complexity index is 698. The van der Waals surface area contributed by atoms with Crippen LogP contribution in [0, 0.1) is 11.8 Å². The first-order valence-corrected chi connectivity index (χ1v) is 8.35. The standard InChI is InChI=1S/C19H26N2O5/c1-5-13(21-18(24)26-19(2,3)4)9-10-14-15(17(20)23)7-6-8-16(14)25-12-11-22/h6-8,13,22H,5,11-12H2,1-4H3,(H2,20,23)(H,21,24)/t13-/m1/s1. The van der Waals surface area contributed by atoms with E-state index in [0.717, 1.165) is 0 Å². The lowest BCUT2D eigenvalue weighted by Gasteiger charge is -2.21. The molecule has 142 valence electrons. The zero-order chi connectivity index (χ0) is 19.7. The van der Waals surface area contributed by atoms with Gasteiger partial charge in [-0.05, 0) is 39.3 Å². The Morgan fingerprint density at radius 3 is 2.58 bits per heavy atom. The molecule has 0 aliphatic heterocycles. The summed E-state index contributed by atoms with van der Waals surface area (Å²) in [5, 5.41) is 11.6. The molecule has 0 radical (unpaired) electrons. The van der Waals surface area contributed by atoms with Crippen molar-refractivity contribution in [2.45, 2.75) is 45.8 Å². The Kier molecular flexibility index (Phi) is 7.94. The molecule has 0 unspecified atom stereocenters. The van der Waals surface area contributed by atoms with Gasteiger partial charge in [0.05, 0.1) is 23.8 Å². The lowest BCUT2D eigenvalue weighted by molar-refractivity contribution is 0.0515. The van der Waals surface area contributed by atoms with Crippen molar-refractivity contribution in [2.75, 3.05) is 13.2 Å². The second kappa shape index (κ2) is 9.68. The molecule has 0 aromatic heterocycles. The number of amides is 2. The second-order valence-electron chi connectivity index (χ2n) is 6.49. The van der Waals surface area contributed by atoms with Crippen molar-refractivity contribution in [1.29, 1.82) is 0 Å². The summed E-state index contributed by atoms with van der Waals surface area (Å²) in [7, 11) is 0. The molecule has 1 aromatic carbocycles. The van der Waals surface area contributed by atoms with E-state index in [1.165, 1.54) is 0 Å². The molecule has 0 aliphatic carbocycles. The van der Waals surface area contributed by atoms with Gasteiger partial charge in [-0.2, -0.15) is 0 Å². The van der Waals surface area contributed by atoms with Gasteiger partial charge in [0.25, 0.3) is 0 Å². The number of rotatable bonds is 6. The first-order chi connectivity index (χ1) is 12.2. The molecule has 0 saturated carbocycles. The highest BCUT2D eigenvalue weighted by molar-refractivity contribution is 5.96. The van der Waals surface area contributed by atoms with Crippen molar-refractivity contribution >= 4 is 12.0 Å². The van der Waals surface area contributed by atoms with Crippen LogP contribution >= 0.6 is 0 Å². The number of benzene rings is 1. The number of carbonyl (C=O) groups is 2. The lowest BCUT2D eigenvalue weighted by Crippen LogP contribution is -2.38. The number of hydrogen-bond donors (Lipinski definition) is 3. The predicted octanol–water partition coefficient (Wildman–Crippen LogP) is 1.81. The highest BCUT2D eigenvalue weighted by atomic mass is 16.6. The van der Waals surface area contributed by atoms with Gasteiger partial charge >= 0.3 is 6.09 Å². The number of alkyl carbamates (subject to hydrolysis) is 1. The fourth-order valence-electron chi connectivity index (χ4n) is 1.99. The third kappa shape index (κ3) is 7.03. The average Bonchev–Trinajstić information content (AvgIpc) is 2.54. The van der Waals surface area contributed by atoms with Crippen molar-refractivity contribution in [3.05, 3.63) is 29.3 Å². The van der Waals surface area contributed by atoms with E-state index < -0.39 is 23.6 Å². The fourth-order valence-corrected chi connectivity index (χ4v) is 1.99. The van der Waals surface area contributed by atoms with Crippen molar-refractivity contribution in [3.8, 4) is 17.6 Å². The number of nitrogens with one attached hydrogen (secondary N) is 1. The molecule has 2 amide bonds. The summed E-state index contributed by atoms with van der Waals surface area (Å²) in [5.74, 6) is 5.47. The number of ether oxygens (including phenoxy) is 2. The maximum Gasteiger partial charge on any atom is 0.408 e. The van der Waals surface area contributed by atoms with Crippen LogP contribution in [0.25, 0.3) is 0 Å². The van der Waals surface area contributed by atoms with Gasteiger partial charge in [-0.1, -0.05) is 24.8 Å². The van der Waals surface area contributed by atoms with Gasteiger partial charge in [0.15, 0.2) is 0 Å². The lowest BCUT2D eigenvalue weighted by atomic mass is 10.1. The molecule has 4 N–H and O–H groups in total. The molecule has 0 spiro atoms. The van der Waals surface area contributed by atoms with Gasteiger partial charge in [0.1, 0.15) is 18.0 Å². The van der Waals surface area contributed by atoms with E-state index in [9.17, 15) is 9.59 Å². The Hall–Kier alpha value is -2.72. The zero-order valence-corrected chi connectivity index (χ0v) is 15.6. The largest absolute Gasteiger partial charge is 0.490 e. The number of primary amides is 1. The molecule has 0 fully saturated rings. The van der Waals surface area contributed by atoms with E-state index >= 15 is 0 Å². The van der Waals surface area contributed by atoms with E-state index in [4.69, 9.17) is 20.3 Å². The van der Waals surface area contributed by atoms with E-state index in [-0.39, 0.29) is 18.8 Å². The summed E-state index contributed by atoms with van der Waals surface area (Å²) in [6.07, 6.45) is -0.0313. The van der Waals surface area contributed by atoms with Crippen molar-refractivity contribution in [2.24, 2.45) is 5.73 Å². The van der Waals surface area contributed by atoms with Crippen LogP contribution in [0.1, 0.15) is 50.0 Å². The number of carbonyl (C=O) groups excluding carboxylic acids is 2. The molecule has 1 atom stereocenters. The number of hydrogen-bond acceptors (Lipinski definition) is 5. The summed E-state index contributed by atoms with van der Waals surface area (Å²) in [6, 6.07) is 4.32. The maximum atomic E-state index is 11.9. The molecule has 1 rings (SSSR count). The van der Waals surface area contributed by atoms with Crippen LogP contribution in [-0.2, 0) is 4.74 Å². The van der Waals surface area contributed by atoms with E-state index in [0.29, 0.717) is 17.7 Å². The minimum Gasteiger partial charge on any atom is -0.490 e. The normalized spacial score (nSPS) is 11.7. The highest BCUT2D eigenvalue weighted by Gasteiger charge is 2.18. The van der Waals surface area contributed by atoms with Crippen LogP contribution in [0.2, 0.25) is 0 Å². The maximum absolute atomic E-state index is 11.9. The van der Waals surface area contributed by atoms with Crippen molar-refractivity contribution < 1.29 is 24.2 Å². The van der Waals surface area contributed by atoms with Crippen molar-refractivity contribution in [1.82, 2.24) is 5.32 Å². The number of nitrogens with two attached hydrogens (primary N) is 1. The molecule has 0 aliphatic rings. The van der Waals surface area contributed by atoms with Gasteiger partial charge in [-0.15, -0.1) is 0 Å². The first kappa shape index (κ1) is 21.3. The van der Waals surface area contributed by atoms with Crippen LogP contribution < -0.4 is 15.8 Å². The smallest absolute Gasteiger partial charge is 0.408 e. The monoisotopic (exact) mass is 362 g/mol. The molecular formula is C19H26N2O5. The third-order valence-corrected chi connectivity index (χ3v) is 3.11. The summed E-state index contributed by atoms with van der Waals surface area (Å²) in [4.78, 5) is 23.6. The summed E-state index contributed by atoms with van der Waals surface area (Å²) < 4.78 is 10.6. The van der Waals surface area contributed by atoms with E-state index in [1.807, 2.05) is 6.92 Å². The number of aliphatic hydroxyl groups excluding tert-OH is 1. The molecule has 7 heteroatoms. The van der Waals surface area contributed by atoms with E-state index in [2.05, 4.69) is 17.2 Å². The summed E-state index contributed by atoms with van der Waals surface area (Å²) >= 11 is 0. The van der Waals surface area contributed by atoms with Crippen LogP contribution in [0.15, 0.2) is 18.2 Å².